The van der Waals surface area contributed by atoms with Gasteiger partial charge in [-0.1, -0.05) is 13.0 Å². The number of aryl methyl sites for hydroxylation is 1. The van der Waals surface area contributed by atoms with Crippen molar-refractivity contribution in [1.29, 1.82) is 0 Å². The normalized spacial score (nSPS) is 17.3. The van der Waals surface area contributed by atoms with Gasteiger partial charge in [-0.2, -0.15) is 0 Å². The molecule has 124 valence electrons. The molecule has 0 aliphatic carbocycles. The monoisotopic (exact) mass is 332 g/mol. The highest BCUT2D eigenvalue weighted by Crippen LogP contribution is 2.21. The number of hydrogen-bond acceptors (Lipinski definition) is 6. The zero-order valence-corrected chi connectivity index (χ0v) is 14.4. The van der Waals surface area contributed by atoms with Gasteiger partial charge in [-0.05, 0) is 18.1 Å². The van der Waals surface area contributed by atoms with Crippen LogP contribution in [0.4, 0.5) is 0 Å². The fraction of sp³-hybridized carbons (Fsp3) is 0.529. The fourth-order valence-corrected chi connectivity index (χ4v) is 3.68. The van der Waals surface area contributed by atoms with Crippen LogP contribution in [0.25, 0.3) is 0 Å². The van der Waals surface area contributed by atoms with Gasteiger partial charge in [0.1, 0.15) is 0 Å². The fourth-order valence-electron chi connectivity index (χ4n) is 2.85. The molecule has 1 aliphatic rings. The molecular weight excluding hydrogens is 308 g/mol. The summed E-state index contributed by atoms with van der Waals surface area (Å²) in [5.74, 6) is 0. The van der Waals surface area contributed by atoms with Crippen molar-refractivity contribution < 1.29 is 4.74 Å². The molecule has 5 nitrogen and oxygen atoms in total. The van der Waals surface area contributed by atoms with Gasteiger partial charge in [0.05, 0.1) is 18.2 Å². The summed E-state index contributed by atoms with van der Waals surface area (Å²) in [6.07, 6.45) is 6.81. The van der Waals surface area contributed by atoms with E-state index in [-0.39, 0.29) is 0 Å². The Bertz CT molecular complexity index is 583. The molecule has 1 N–H and O–H groups in total. The van der Waals surface area contributed by atoms with E-state index in [2.05, 4.69) is 33.2 Å². The number of hydrogen-bond donors (Lipinski definition) is 1. The Balaban J connectivity index is 1.61. The number of aromatic nitrogens is 2. The predicted octanol–water partition coefficient (Wildman–Crippen LogP) is 2.26. The van der Waals surface area contributed by atoms with Gasteiger partial charge < -0.3 is 10.1 Å². The molecule has 0 aromatic carbocycles. The van der Waals surface area contributed by atoms with Gasteiger partial charge in [-0.15, -0.1) is 11.3 Å². The molecule has 0 unspecified atom stereocenters. The van der Waals surface area contributed by atoms with Gasteiger partial charge in [0.25, 0.3) is 0 Å². The van der Waals surface area contributed by atoms with Crippen LogP contribution < -0.4 is 5.32 Å². The molecule has 1 atom stereocenters. The van der Waals surface area contributed by atoms with Crippen LogP contribution in [-0.4, -0.2) is 47.7 Å². The van der Waals surface area contributed by atoms with Crippen LogP contribution in [0.1, 0.15) is 28.4 Å². The van der Waals surface area contributed by atoms with Gasteiger partial charge in [-0.25, -0.2) is 4.98 Å². The minimum absolute atomic E-state index is 0.339. The van der Waals surface area contributed by atoms with Gasteiger partial charge in [-0.3, -0.25) is 9.88 Å². The Morgan fingerprint density at radius 3 is 2.91 bits per heavy atom. The van der Waals surface area contributed by atoms with E-state index in [0.29, 0.717) is 6.04 Å². The molecule has 2 aromatic heterocycles. The second-order valence-corrected chi connectivity index (χ2v) is 6.86. The molecule has 1 aliphatic heterocycles. The lowest BCUT2D eigenvalue weighted by Crippen LogP contribution is -2.42. The molecule has 3 rings (SSSR count). The molecule has 0 saturated carbocycles. The van der Waals surface area contributed by atoms with Crippen molar-refractivity contribution in [3.63, 3.8) is 0 Å². The van der Waals surface area contributed by atoms with Gasteiger partial charge in [0, 0.05) is 55.7 Å². The zero-order chi connectivity index (χ0) is 15.9. The number of rotatable bonds is 7. The Morgan fingerprint density at radius 1 is 1.35 bits per heavy atom. The SMILES string of the molecule is CCc1ncc(CNC[C@H](c2cccnc2)N2CCOCC2)s1. The first-order chi connectivity index (χ1) is 11.4. The summed E-state index contributed by atoms with van der Waals surface area (Å²) < 4.78 is 5.49. The number of thiazole rings is 1. The summed E-state index contributed by atoms with van der Waals surface area (Å²) >= 11 is 1.80. The van der Waals surface area contributed by atoms with Crippen molar-refractivity contribution in [2.24, 2.45) is 0 Å². The highest BCUT2D eigenvalue weighted by atomic mass is 32.1. The number of ether oxygens (including phenoxy) is 1. The topological polar surface area (TPSA) is 50.3 Å². The lowest BCUT2D eigenvalue weighted by Gasteiger charge is -2.34. The molecule has 2 aromatic rings. The molecule has 0 amide bonds. The standard InChI is InChI=1S/C17H24N4OS/c1-2-17-20-12-15(23-17)11-19-13-16(14-4-3-5-18-10-14)21-6-8-22-9-7-21/h3-5,10,12,16,19H,2,6-9,11,13H2,1H3/t16-/m1/s1. The first-order valence-electron chi connectivity index (χ1n) is 8.23. The molecule has 0 bridgehead atoms. The van der Waals surface area contributed by atoms with E-state index < -0.39 is 0 Å². The maximum atomic E-state index is 5.49. The van der Waals surface area contributed by atoms with Crippen LogP contribution in [0.5, 0.6) is 0 Å². The van der Waals surface area contributed by atoms with Gasteiger partial charge in [0.2, 0.25) is 0 Å². The van der Waals surface area contributed by atoms with Crippen molar-refractivity contribution in [1.82, 2.24) is 20.2 Å². The Hall–Kier alpha value is -1.34. The Labute approximate surface area is 141 Å². The van der Waals surface area contributed by atoms with E-state index in [9.17, 15) is 0 Å². The second-order valence-electron chi connectivity index (χ2n) is 5.66. The van der Waals surface area contributed by atoms with E-state index >= 15 is 0 Å². The van der Waals surface area contributed by atoms with E-state index in [1.807, 2.05) is 24.7 Å². The number of nitrogens with one attached hydrogen (secondary N) is 1. The first-order valence-corrected chi connectivity index (χ1v) is 9.04. The van der Waals surface area contributed by atoms with Crippen molar-refractivity contribution in [3.8, 4) is 0 Å². The molecule has 23 heavy (non-hydrogen) atoms. The Morgan fingerprint density at radius 2 is 2.22 bits per heavy atom. The highest BCUT2D eigenvalue weighted by Gasteiger charge is 2.22. The highest BCUT2D eigenvalue weighted by molar-refractivity contribution is 7.11. The molecule has 0 radical (unpaired) electrons. The smallest absolute Gasteiger partial charge is 0.0925 e. The van der Waals surface area contributed by atoms with Crippen molar-refractivity contribution in [2.45, 2.75) is 25.9 Å². The van der Waals surface area contributed by atoms with Crippen molar-refractivity contribution >= 4 is 11.3 Å². The predicted molar refractivity (Wildman–Crippen MR) is 92.6 cm³/mol. The second kappa shape index (κ2) is 8.49. The van der Waals surface area contributed by atoms with Crippen LogP contribution in [-0.2, 0) is 17.7 Å². The van der Waals surface area contributed by atoms with Crippen molar-refractivity contribution in [3.05, 3.63) is 46.2 Å². The average Bonchev–Trinajstić information content (AvgIpc) is 3.08. The molecule has 1 fully saturated rings. The maximum Gasteiger partial charge on any atom is 0.0925 e. The summed E-state index contributed by atoms with van der Waals surface area (Å²) in [5, 5.41) is 4.80. The van der Waals surface area contributed by atoms with Crippen LogP contribution in [0.15, 0.2) is 30.7 Å². The third-order valence-corrected chi connectivity index (χ3v) is 5.24. The van der Waals surface area contributed by atoms with E-state index in [1.54, 1.807) is 11.3 Å². The first kappa shape index (κ1) is 16.5. The third-order valence-electron chi connectivity index (χ3n) is 4.10. The van der Waals surface area contributed by atoms with E-state index in [1.165, 1.54) is 15.4 Å². The van der Waals surface area contributed by atoms with Crippen LogP contribution in [0, 0.1) is 0 Å². The Kier molecular flexibility index (Phi) is 6.10. The number of nitrogens with zero attached hydrogens (tertiary/aromatic N) is 3. The summed E-state index contributed by atoms with van der Waals surface area (Å²) in [6, 6.07) is 4.52. The minimum atomic E-state index is 0.339. The average molecular weight is 332 g/mol. The van der Waals surface area contributed by atoms with Gasteiger partial charge >= 0.3 is 0 Å². The minimum Gasteiger partial charge on any atom is -0.379 e. The summed E-state index contributed by atoms with van der Waals surface area (Å²) in [6.45, 7) is 7.50. The molecule has 1 saturated heterocycles. The summed E-state index contributed by atoms with van der Waals surface area (Å²) in [5.41, 5.74) is 1.26. The maximum absolute atomic E-state index is 5.49. The summed E-state index contributed by atoms with van der Waals surface area (Å²) in [4.78, 5) is 12.5. The number of pyridine rings is 1. The lowest BCUT2D eigenvalue weighted by molar-refractivity contribution is 0.0160. The molecule has 3 heterocycles. The van der Waals surface area contributed by atoms with E-state index in [0.717, 1.165) is 45.8 Å². The lowest BCUT2D eigenvalue weighted by atomic mass is 10.1. The van der Waals surface area contributed by atoms with E-state index in [4.69, 9.17) is 4.74 Å². The largest absolute Gasteiger partial charge is 0.379 e. The zero-order valence-electron chi connectivity index (χ0n) is 13.6. The molecule has 6 heteroatoms. The van der Waals surface area contributed by atoms with Crippen LogP contribution >= 0.6 is 11.3 Å². The quantitative estimate of drug-likeness (QED) is 0.843. The number of morpholine rings is 1. The van der Waals surface area contributed by atoms with Crippen molar-refractivity contribution in [2.75, 3.05) is 32.8 Å². The van der Waals surface area contributed by atoms with Gasteiger partial charge in [0.15, 0.2) is 0 Å². The third kappa shape index (κ3) is 4.57. The van der Waals surface area contributed by atoms with Crippen LogP contribution in [0.3, 0.4) is 0 Å². The molecular formula is C17H24N4OS. The molecule has 0 spiro atoms. The summed E-state index contributed by atoms with van der Waals surface area (Å²) in [7, 11) is 0. The van der Waals surface area contributed by atoms with Crippen LogP contribution in [0.2, 0.25) is 0 Å².